The van der Waals surface area contributed by atoms with E-state index >= 15 is 0 Å². The van der Waals surface area contributed by atoms with Gasteiger partial charge in [0.05, 0.1) is 5.69 Å². The molecule has 4 nitrogen and oxygen atoms in total. The van der Waals surface area contributed by atoms with E-state index in [1.54, 1.807) is 0 Å². The van der Waals surface area contributed by atoms with Crippen molar-refractivity contribution in [1.82, 2.24) is 15.3 Å². The first-order chi connectivity index (χ1) is 7.85. The molecule has 0 fully saturated rings. The average Bonchev–Trinajstić information content (AvgIpc) is 2.55. The summed E-state index contributed by atoms with van der Waals surface area (Å²) < 4.78 is 0. The third-order valence-corrected chi connectivity index (χ3v) is 3.10. The lowest BCUT2D eigenvalue weighted by Crippen LogP contribution is -2.24. The second-order valence-electron chi connectivity index (χ2n) is 4.06. The van der Waals surface area contributed by atoms with E-state index < -0.39 is 0 Å². The standard InChI is InChI=1S/C12H20N4/c1-3-16(4-2)12-14-9-10-5-7-13-8-6-11(10)15-12/h9,13H,3-8H2,1-2H3. The van der Waals surface area contributed by atoms with Crippen LogP contribution in [0.2, 0.25) is 0 Å². The van der Waals surface area contributed by atoms with Gasteiger partial charge in [0.25, 0.3) is 0 Å². The highest BCUT2D eigenvalue weighted by Crippen LogP contribution is 2.14. The van der Waals surface area contributed by atoms with Gasteiger partial charge in [0.2, 0.25) is 5.95 Å². The van der Waals surface area contributed by atoms with Crippen LogP contribution in [0, 0.1) is 0 Å². The number of hydrogen-bond acceptors (Lipinski definition) is 4. The minimum absolute atomic E-state index is 0.880. The molecule has 0 bridgehead atoms. The van der Waals surface area contributed by atoms with E-state index in [9.17, 15) is 0 Å². The van der Waals surface area contributed by atoms with Gasteiger partial charge in [0.1, 0.15) is 0 Å². The SMILES string of the molecule is CCN(CC)c1ncc2c(n1)CCNCC2. The minimum atomic E-state index is 0.880. The van der Waals surface area contributed by atoms with Gasteiger partial charge in [0, 0.05) is 32.3 Å². The molecule has 0 spiro atoms. The number of rotatable bonds is 3. The van der Waals surface area contributed by atoms with Crippen LogP contribution in [-0.4, -0.2) is 36.1 Å². The lowest BCUT2D eigenvalue weighted by atomic mass is 10.1. The maximum atomic E-state index is 4.69. The number of nitrogens with one attached hydrogen (secondary N) is 1. The molecular weight excluding hydrogens is 200 g/mol. The Kier molecular flexibility index (Phi) is 3.72. The van der Waals surface area contributed by atoms with E-state index in [-0.39, 0.29) is 0 Å². The third-order valence-electron chi connectivity index (χ3n) is 3.10. The maximum Gasteiger partial charge on any atom is 0.225 e. The van der Waals surface area contributed by atoms with Crippen molar-refractivity contribution in [2.45, 2.75) is 26.7 Å². The van der Waals surface area contributed by atoms with Crippen molar-refractivity contribution in [3.8, 4) is 0 Å². The molecule has 0 amide bonds. The first-order valence-corrected chi connectivity index (χ1v) is 6.15. The van der Waals surface area contributed by atoms with Crippen LogP contribution in [0.25, 0.3) is 0 Å². The van der Waals surface area contributed by atoms with Crippen molar-refractivity contribution in [2.24, 2.45) is 0 Å². The summed E-state index contributed by atoms with van der Waals surface area (Å²) in [4.78, 5) is 11.3. The van der Waals surface area contributed by atoms with Crippen LogP contribution in [-0.2, 0) is 12.8 Å². The lowest BCUT2D eigenvalue weighted by Gasteiger charge is -2.19. The molecule has 0 unspecified atom stereocenters. The summed E-state index contributed by atoms with van der Waals surface area (Å²) in [7, 11) is 0. The highest BCUT2D eigenvalue weighted by molar-refractivity contribution is 5.33. The van der Waals surface area contributed by atoms with E-state index in [4.69, 9.17) is 4.98 Å². The molecule has 0 aromatic carbocycles. The molecule has 4 heteroatoms. The first-order valence-electron chi connectivity index (χ1n) is 6.15. The van der Waals surface area contributed by atoms with Crippen molar-refractivity contribution in [2.75, 3.05) is 31.1 Å². The van der Waals surface area contributed by atoms with Gasteiger partial charge in [-0.25, -0.2) is 9.97 Å². The number of aromatic nitrogens is 2. The zero-order chi connectivity index (χ0) is 11.4. The second-order valence-corrected chi connectivity index (χ2v) is 4.06. The van der Waals surface area contributed by atoms with Crippen molar-refractivity contribution in [3.63, 3.8) is 0 Å². The summed E-state index contributed by atoms with van der Waals surface area (Å²) in [6.45, 7) is 8.28. The van der Waals surface area contributed by atoms with Gasteiger partial charge in [-0.15, -0.1) is 0 Å². The fourth-order valence-electron chi connectivity index (χ4n) is 2.07. The Hall–Kier alpha value is -1.16. The Bertz CT molecular complexity index is 347. The molecular formula is C12H20N4. The van der Waals surface area contributed by atoms with Crippen molar-refractivity contribution in [1.29, 1.82) is 0 Å². The molecule has 0 atom stereocenters. The fraction of sp³-hybridized carbons (Fsp3) is 0.667. The summed E-state index contributed by atoms with van der Waals surface area (Å²) in [6.07, 6.45) is 4.07. The molecule has 0 aliphatic carbocycles. The number of hydrogen-bond donors (Lipinski definition) is 1. The Morgan fingerprint density at radius 1 is 1.25 bits per heavy atom. The van der Waals surface area contributed by atoms with Crippen molar-refractivity contribution < 1.29 is 0 Å². The molecule has 1 aromatic rings. The van der Waals surface area contributed by atoms with Gasteiger partial charge in [-0.1, -0.05) is 0 Å². The van der Waals surface area contributed by atoms with Crippen LogP contribution >= 0.6 is 0 Å². The Labute approximate surface area is 97.1 Å². The molecule has 0 saturated carbocycles. The largest absolute Gasteiger partial charge is 0.341 e. The fourth-order valence-corrected chi connectivity index (χ4v) is 2.07. The maximum absolute atomic E-state index is 4.69. The van der Waals surface area contributed by atoms with Crippen molar-refractivity contribution in [3.05, 3.63) is 17.5 Å². The molecule has 1 aliphatic heterocycles. The summed E-state index contributed by atoms with van der Waals surface area (Å²) in [5.41, 5.74) is 2.53. The van der Waals surface area contributed by atoms with Crippen LogP contribution in [0.15, 0.2) is 6.20 Å². The molecule has 1 aliphatic rings. The van der Waals surface area contributed by atoms with E-state index in [1.807, 2.05) is 6.20 Å². The van der Waals surface area contributed by atoms with Gasteiger partial charge >= 0.3 is 0 Å². The quantitative estimate of drug-likeness (QED) is 0.825. The smallest absolute Gasteiger partial charge is 0.225 e. The molecule has 2 rings (SSSR count). The molecule has 16 heavy (non-hydrogen) atoms. The van der Waals surface area contributed by atoms with E-state index in [0.29, 0.717) is 0 Å². The molecule has 88 valence electrons. The summed E-state index contributed by atoms with van der Waals surface area (Å²) in [5.74, 6) is 0.880. The zero-order valence-corrected chi connectivity index (χ0v) is 10.2. The normalized spacial score (nSPS) is 15.4. The van der Waals surface area contributed by atoms with Crippen LogP contribution < -0.4 is 10.2 Å². The summed E-state index contributed by atoms with van der Waals surface area (Å²) in [5, 5.41) is 3.39. The Morgan fingerprint density at radius 2 is 2.00 bits per heavy atom. The predicted molar refractivity (Wildman–Crippen MR) is 65.9 cm³/mol. The lowest BCUT2D eigenvalue weighted by molar-refractivity contribution is 0.708. The van der Waals surface area contributed by atoms with Gasteiger partial charge < -0.3 is 10.2 Å². The summed E-state index contributed by atoms with van der Waals surface area (Å²) in [6, 6.07) is 0. The third kappa shape index (κ3) is 2.32. The van der Waals surface area contributed by atoms with Crippen LogP contribution in [0.1, 0.15) is 25.1 Å². The van der Waals surface area contributed by atoms with Crippen LogP contribution in [0.5, 0.6) is 0 Å². The average molecular weight is 220 g/mol. The van der Waals surface area contributed by atoms with Gasteiger partial charge in [-0.3, -0.25) is 0 Å². The topological polar surface area (TPSA) is 41.1 Å². The monoisotopic (exact) mass is 220 g/mol. The first kappa shape index (κ1) is 11.3. The number of anilines is 1. The van der Waals surface area contributed by atoms with E-state index in [0.717, 1.165) is 45.0 Å². The Morgan fingerprint density at radius 3 is 2.75 bits per heavy atom. The molecule has 1 N–H and O–H groups in total. The van der Waals surface area contributed by atoms with Gasteiger partial charge in [-0.05, 0) is 32.4 Å². The molecule has 2 heterocycles. The van der Waals surface area contributed by atoms with Crippen molar-refractivity contribution >= 4 is 5.95 Å². The highest BCUT2D eigenvalue weighted by atomic mass is 15.2. The van der Waals surface area contributed by atoms with E-state index in [1.165, 1.54) is 11.3 Å². The highest BCUT2D eigenvalue weighted by Gasteiger charge is 2.12. The van der Waals surface area contributed by atoms with E-state index in [2.05, 4.69) is 29.0 Å². The molecule has 1 aromatic heterocycles. The van der Waals surface area contributed by atoms with Gasteiger partial charge in [-0.2, -0.15) is 0 Å². The zero-order valence-electron chi connectivity index (χ0n) is 10.2. The number of nitrogens with zero attached hydrogens (tertiary/aromatic N) is 3. The van der Waals surface area contributed by atoms with Crippen LogP contribution in [0.3, 0.4) is 0 Å². The molecule has 0 radical (unpaired) electrons. The Balaban J connectivity index is 2.26. The summed E-state index contributed by atoms with van der Waals surface area (Å²) >= 11 is 0. The number of fused-ring (bicyclic) bond motifs is 1. The predicted octanol–water partition coefficient (Wildman–Crippen LogP) is 1.01. The minimum Gasteiger partial charge on any atom is -0.341 e. The van der Waals surface area contributed by atoms with Gasteiger partial charge in [0.15, 0.2) is 0 Å². The second kappa shape index (κ2) is 5.25. The van der Waals surface area contributed by atoms with Crippen LogP contribution in [0.4, 0.5) is 5.95 Å². The molecule has 0 saturated heterocycles.